The Hall–Kier alpha value is -1.58. The number of hydrogen-bond donors (Lipinski definition) is 1. The molecule has 2 aromatic rings. The van der Waals surface area contributed by atoms with Crippen LogP contribution in [0, 0.1) is 0 Å². The Morgan fingerprint density at radius 1 is 1.05 bits per heavy atom. The molecule has 2 nitrogen and oxygen atoms in total. The van der Waals surface area contributed by atoms with Gasteiger partial charge in [-0.25, -0.2) is 0 Å². The number of carbonyl (C=O) groups is 1. The van der Waals surface area contributed by atoms with Gasteiger partial charge in [0.25, 0.3) is 5.91 Å². The van der Waals surface area contributed by atoms with Gasteiger partial charge in [0.2, 0.25) is 0 Å². The molecule has 0 aliphatic heterocycles. The van der Waals surface area contributed by atoms with Crippen LogP contribution in [0.15, 0.2) is 59.1 Å². The van der Waals surface area contributed by atoms with E-state index in [4.69, 9.17) is 11.6 Å². The SMILES string of the molecule is O=C(Nc1ccc(Cl)cc1)C(Br)=Cc1ccccc1. The third-order valence-corrected chi connectivity index (χ3v) is 3.25. The van der Waals surface area contributed by atoms with E-state index in [1.807, 2.05) is 30.3 Å². The van der Waals surface area contributed by atoms with Crippen molar-refractivity contribution >= 4 is 45.2 Å². The maximum atomic E-state index is 11.9. The van der Waals surface area contributed by atoms with Crippen LogP contribution in [-0.4, -0.2) is 5.91 Å². The average molecular weight is 337 g/mol. The van der Waals surface area contributed by atoms with E-state index in [9.17, 15) is 4.79 Å². The van der Waals surface area contributed by atoms with Crippen LogP contribution in [-0.2, 0) is 4.79 Å². The number of amides is 1. The van der Waals surface area contributed by atoms with Gasteiger partial charge in [0, 0.05) is 10.7 Å². The second-order valence-electron chi connectivity index (χ2n) is 3.86. The summed E-state index contributed by atoms with van der Waals surface area (Å²) in [5.74, 6) is -0.203. The van der Waals surface area contributed by atoms with E-state index in [-0.39, 0.29) is 5.91 Å². The Morgan fingerprint density at radius 2 is 1.68 bits per heavy atom. The average Bonchev–Trinajstić information content (AvgIpc) is 2.42. The molecule has 0 bridgehead atoms. The van der Waals surface area contributed by atoms with Gasteiger partial charge in [-0.3, -0.25) is 4.79 Å². The monoisotopic (exact) mass is 335 g/mol. The zero-order chi connectivity index (χ0) is 13.7. The summed E-state index contributed by atoms with van der Waals surface area (Å²) in [5.41, 5.74) is 1.66. The summed E-state index contributed by atoms with van der Waals surface area (Å²) >= 11 is 9.06. The van der Waals surface area contributed by atoms with E-state index in [0.717, 1.165) is 5.56 Å². The molecule has 0 spiro atoms. The molecule has 0 radical (unpaired) electrons. The highest BCUT2D eigenvalue weighted by atomic mass is 79.9. The first kappa shape index (κ1) is 13.8. The predicted octanol–water partition coefficient (Wildman–Crippen LogP) is 4.71. The molecule has 19 heavy (non-hydrogen) atoms. The lowest BCUT2D eigenvalue weighted by molar-refractivity contribution is -0.112. The molecule has 0 saturated carbocycles. The first-order chi connectivity index (χ1) is 9.15. The van der Waals surface area contributed by atoms with E-state index in [0.29, 0.717) is 15.2 Å². The maximum Gasteiger partial charge on any atom is 0.262 e. The van der Waals surface area contributed by atoms with Crippen LogP contribution in [0.2, 0.25) is 5.02 Å². The first-order valence-corrected chi connectivity index (χ1v) is 6.81. The molecule has 0 aliphatic rings. The smallest absolute Gasteiger partial charge is 0.262 e. The summed E-state index contributed by atoms with van der Waals surface area (Å²) in [7, 11) is 0. The first-order valence-electron chi connectivity index (χ1n) is 5.64. The Kier molecular flexibility index (Phi) is 4.77. The quantitative estimate of drug-likeness (QED) is 0.808. The van der Waals surface area contributed by atoms with Crippen LogP contribution in [0.4, 0.5) is 5.69 Å². The van der Waals surface area contributed by atoms with Crippen molar-refractivity contribution < 1.29 is 4.79 Å². The van der Waals surface area contributed by atoms with Crippen LogP contribution in [0.3, 0.4) is 0 Å². The summed E-state index contributed by atoms with van der Waals surface area (Å²) in [4.78, 5) is 11.9. The number of benzene rings is 2. The van der Waals surface area contributed by atoms with Crippen molar-refractivity contribution in [1.82, 2.24) is 0 Å². The number of rotatable bonds is 3. The Balaban J connectivity index is 2.07. The normalized spacial score (nSPS) is 11.2. The fraction of sp³-hybridized carbons (Fsp3) is 0. The summed E-state index contributed by atoms with van der Waals surface area (Å²) in [6, 6.07) is 16.6. The van der Waals surface area contributed by atoms with E-state index in [2.05, 4.69) is 21.2 Å². The van der Waals surface area contributed by atoms with Crippen molar-refractivity contribution in [2.75, 3.05) is 5.32 Å². The molecular formula is C15H11BrClNO. The number of halogens is 2. The molecule has 0 unspecified atom stereocenters. The molecule has 0 aliphatic carbocycles. The van der Waals surface area contributed by atoms with E-state index < -0.39 is 0 Å². The third kappa shape index (κ3) is 4.23. The lowest BCUT2D eigenvalue weighted by atomic mass is 10.2. The van der Waals surface area contributed by atoms with Gasteiger partial charge in [-0.1, -0.05) is 41.9 Å². The number of nitrogens with one attached hydrogen (secondary N) is 1. The minimum absolute atomic E-state index is 0.203. The molecule has 0 saturated heterocycles. The van der Waals surface area contributed by atoms with Crippen molar-refractivity contribution in [2.45, 2.75) is 0 Å². The zero-order valence-electron chi connectivity index (χ0n) is 9.94. The predicted molar refractivity (Wildman–Crippen MR) is 83.4 cm³/mol. The maximum absolute atomic E-state index is 11.9. The van der Waals surface area contributed by atoms with Crippen molar-refractivity contribution in [2.24, 2.45) is 0 Å². The molecule has 96 valence electrons. The lowest BCUT2D eigenvalue weighted by Crippen LogP contribution is -2.10. The number of hydrogen-bond acceptors (Lipinski definition) is 1. The molecular weight excluding hydrogens is 326 g/mol. The third-order valence-electron chi connectivity index (χ3n) is 2.41. The van der Waals surface area contributed by atoms with Crippen LogP contribution in [0.25, 0.3) is 6.08 Å². The fourth-order valence-electron chi connectivity index (χ4n) is 1.49. The molecule has 4 heteroatoms. The van der Waals surface area contributed by atoms with Crippen LogP contribution in [0.5, 0.6) is 0 Å². The number of carbonyl (C=O) groups excluding carboxylic acids is 1. The highest BCUT2D eigenvalue weighted by Gasteiger charge is 2.06. The zero-order valence-corrected chi connectivity index (χ0v) is 12.3. The molecule has 2 aromatic carbocycles. The second-order valence-corrected chi connectivity index (χ2v) is 5.15. The van der Waals surface area contributed by atoms with Crippen molar-refractivity contribution in [3.05, 3.63) is 69.7 Å². The largest absolute Gasteiger partial charge is 0.322 e. The van der Waals surface area contributed by atoms with Gasteiger partial charge < -0.3 is 5.32 Å². The molecule has 0 aromatic heterocycles. The fourth-order valence-corrected chi connectivity index (χ4v) is 1.97. The minimum Gasteiger partial charge on any atom is -0.322 e. The van der Waals surface area contributed by atoms with Crippen molar-refractivity contribution in [1.29, 1.82) is 0 Å². The summed E-state index contributed by atoms with van der Waals surface area (Å²) in [6.07, 6.45) is 1.77. The van der Waals surface area contributed by atoms with Gasteiger partial charge in [-0.05, 0) is 51.8 Å². The van der Waals surface area contributed by atoms with Crippen molar-refractivity contribution in [3.8, 4) is 0 Å². The Bertz CT molecular complexity index is 593. The molecule has 1 N–H and O–H groups in total. The summed E-state index contributed by atoms with van der Waals surface area (Å²) < 4.78 is 0.466. The van der Waals surface area contributed by atoms with Gasteiger partial charge >= 0.3 is 0 Å². The van der Waals surface area contributed by atoms with Gasteiger partial charge in [0.05, 0.1) is 4.48 Å². The molecule has 0 fully saturated rings. The van der Waals surface area contributed by atoms with E-state index in [1.54, 1.807) is 30.3 Å². The Morgan fingerprint density at radius 3 is 2.32 bits per heavy atom. The van der Waals surface area contributed by atoms with Gasteiger partial charge in [0.1, 0.15) is 0 Å². The molecule has 0 atom stereocenters. The summed E-state index contributed by atoms with van der Waals surface area (Å²) in [5, 5.41) is 3.41. The van der Waals surface area contributed by atoms with Crippen LogP contribution < -0.4 is 5.32 Å². The summed E-state index contributed by atoms with van der Waals surface area (Å²) in [6.45, 7) is 0. The molecule has 0 heterocycles. The standard InChI is InChI=1S/C15H11BrClNO/c16-14(10-11-4-2-1-3-5-11)15(19)18-13-8-6-12(17)7-9-13/h1-10H,(H,18,19). The second kappa shape index (κ2) is 6.55. The molecule has 1 amide bonds. The Labute approximate surface area is 125 Å². The van der Waals surface area contributed by atoms with Gasteiger partial charge in [-0.2, -0.15) is 0 Å². The van der Waals surface area contributed by atoms with Gasteiger partial charge in [0.15, 0.2) is 0 Å². The topological polar surface area (TPSA) is 29.1 Å². The lowest BCUT2D eigenvalue weighted by Gasteiger charge is -2.04. The van der Waals surface area contributed by atoms with E-state index in [1.165, 1.54) is 0 Å². The minimum atomic E-state index is -0.203. The van der Waals surface area contributed by atoms with Crippen LogP contribution >= 0.6 is 27.5 Å². The van der Waals surface area contributed by atoms with Crippen LogP contribution in [0.1, 0.15) is 5.56 Å². The molecule has 2 rings (SSSR count). The van der Waals surface area contributed by atoms with Crippen molar-refractivity contribution in [3.63, 3.8) is 0 Å². The number of anilines is 1. The highest BCUT2D eigenvalue weighted by Crippen LogP contribution is 2.17. The van der Waals surface area contributed by atoms with E-state index >= 15 is 0 Å². The van der Waals surface area contributed by atoms with Gasteiger partial charge in [-0.15, -0.1) is 0 Å². The highest BCUT2D eigenvalue weighted by molar-refractivity contribution is 9.12.